The number of aromatic nitrogens is 2. The standard InChI is InChI=1S/C24H25Cl2N3O2/c1-16(2)29-22-11-13-28(24(30)31-15-17-6-4-3-5-7-17)12-10-21(22)27-23(29)19-9-8-18(25)14-20(19)26/h3-9,14,16H,10-13,15H2,1-2H3. The molecule has 2 heterocycles. The van der Waals surface area contributed by atoms with E-state index in [4.69, 9.17) is 32.9 Å². The lowest BCUT2D eigenvalue weighted by Crippen LogP contribution is -2.34. The van der Waals surface area contributed by atoms with Gasteiger partial charge in [0, 0.05) is 48.3 Å². The number of fused-ring (bicyclic) bond motifs is 1. The summed E-state index contributed by atoms with van der Waals surface area (Å²) in [6, 6.07) is 15.4. The van der Waals surface area contributed by atoms with Crippen LogP contribution in [0.3, 0.4) is 0 Å². The van der Waals surface area contributed by atoms with Crippen LogP contribution in [0, 0.1) is 0 Å². The van der Waals surface area contributed by atoms with Crippen molar-refractivity contribution in [1.82, 2.24) is 14.5 Å². The molecule has 0 unspecified atom stereocenters. The molecule has 0 radical (unpaired) electrons. The minimum Gasteiger partial charge on any atom is -0.445 e. The molecular weight excluding hydrogens is 433 g/mol. The number of hydrogen-bond acceptors (Lipinski definition) is 3. The molecular formula is C24H25Cl2N3O2. The summed E-state index contributed by atoms with van der Waals surface area (Å²) in [5, 5.41) is 1.18. The lowest BCUT2D eigenvalue weighted by Gasteiger charge is -2.21. The Bertz CT molecular complexity index is 1080. The second-order valence-electron chi connectivity index (χ2n) is 7.94. The van der Waals surface area contributed by atoms with Gasteiger partial charge in [0.25, 0.3) is 0 Å². The number of imidazole rings is 1. The lowest BCUT2D eigenvalue weighted by molar-refractivity contribution is 0.0976. The van der Waals surface area contributed by atoms with Crippen LogP contribution < -0.4 is 0 Å². The third-order valence-corrected chi connectivity index (χ3v) is 6.03. The van der Waals surface area contributed by atoms with Crippen molar-refractivity contribution in [2.45, 2.75) is 39.3 Å². The van der Waals surface area contributed by atoms with Crippen molar-refractivity contribution >= 4 is 29.3 Å². The van der Waals surface area contributed by atoms with Gasteiger partial charge in [-0.3, -0.25) is 0 Å². The highest BCUT2D eigenvalue weighted by Crippen LogP contribution is 2.34. The van der Waals surface area contributed by atoms with Gasteiger partial charge in [-0.1, -0.05) is 53.5 Å². The number of halogens is 2. The van der Waals surface area contributed by atoms with Crippen LogP contribution in [0.2, 0.25) is 10.0 Å². The normalized spacial score (nSPS) is 13.8. The van der Waals surface area contributed by atoms with Crippen molar-refractivity contribution in [2.24, 2.45) is 0 Å². The Morgan fingerprint density at radius 3 is 2.55 bits per heavy atom. The van der Waals surface area contributed by atoms with E-state index in [0.717, 1.165) is 28.3 Å². The average Bonchev–Trinajstić information content (AvgIpc) is 2.98. The van der Waals surface area contributed by atoms with Gasteiger partial charge in [0.05, 0.1) is 10.7 Å². The second kappa shape index (κ2) is 9.33. The molecule has 4 rings (SSSR count). The zero-order valence-corrected chi connectivity index (χ0v) is 19.2. The molecule has 2 aromatic carbocycles. The molecule has 0 spiro atoms. The summed E-state index contributed by atoms with van der Waals surface area (Å²) in [6.07, 6.45) is 1.10. The van der Waals surface area contributed by atoms with Gasteiger partial charge in [0.15, 0.2) is 0 Å². The maximum Gasteiger partial charge on any atom is 0.410 e. The highest BCUT2D eigenvalue weighted by molar-refractivity contribution is 6.36. The minimum atomic E-state index is -0.286. The Balaban J connectivity index is 1.53. The van der Waals surface area contributed by atoms with Crippen LogP contribution in [0.5, 0.6) is 0 Å². The quantitative estimate of drug-likeness (QED) is 0.470. The Hall–Kier alpha value is -2.50. The van der Waals surface area contributed by atoms with E-state index in [0.29, 0.717) is 36.0 Å². The summed E-state index contributed by atoms with van der Waals surface area (Å²) in [4.78, 5) is 19.3. The fourth-order valence-electron chi connectivity index (χ4n) is 3.98. The van der Waals surface area contributed by atoms with Gasteiger partial charge in [0.2, 0.25) is 0 Å². The van der Waals surface area contributed by atoms with E-state index >= 15 is 0 Å². The molecule has 1 aliphatic rings. The van der Waals surface area contributed by atoms with Crippen molar-refractivity contribution in [3.8, 4) is 11.4 Å². The molecule has 0 bridgehead atoms. The number of rotatable bonds is 4. The van der Waals surface area contributed by atoms with E-state index in [1.54, 1.807) is 11.0 Å². The molecule has 7 heteroatoms. The number of hydrogen-bond donors (Lipinski definition) is 0. The predicted octanol–water partition coefficient (Wildman–Crippen LogP) is 6.18. The van der Waals surface area contributed by atoms with E-state index in [1.807, 2.05) is 42.5 Å². The number of carbonyl (C=O) groups excluding carboxylic acids is 1. The Kier molecular flexibility index (Phi) is 6.54. The molecule has 0 fully saturated rings. The fraction of sp³-hybridized carbons (Fsp3) is 0.333. The van der Waals surface area contributed by atoms with Crippen molar-refractivity contribution in [3.05, 3.63) is 75.5 Å². The molecule has 0 aliphatic carbocycles. The van der Waals surface area contributed by atoms with Crippen molar-refractivity contribution in [3.63, 3.8) is 0 Å². The third-order valence-electron chi connectivity index (χ3n) is 5.48. The SMILES string of the molecule is CC(C)n1c(-c2ccc(Cl)cc2Cl)nc2c1CCN(C(=O)OCc1ccccc1)CC2. The van der Waals surface area contributed by atoms with Crippen molar-refractivity contribution < 1.29 is 9.53 Å². The predicted molar refractivity (Wildman–Crippen MR) is 124 cm³/mol. The minimum absolute atomic E-state index is 0.203. The highest BCUT2D eigenvalue weighted by Gasteiger charge is 2.27. The fourth-order valence-corrected chi connectivity index (χ4v) is 4.47. The first kappa shape index (κ1) is 21.7. The summed E-state index contributed by atoms with van der Waals surface area (Å²) in [6.45, 7) is 5.70. The first-order valence-electron chi connectivity index (χ1n) is 10.4. The number of ether oxygens (including phenoxy) is 1. The van der Waals surface area contributed by atoms with E-state index < -0.39 is 0 Å². The molecule has 0 saturated heterocycles. The largest absolute Gasteiger partial charge is 0.445 e. The van der Waals surface area contributed by atoms with Crippen LogP contribution in [0.15, 0.2) is 48.5 Å². The third kappa shape index (κ3) is 4.73. The van der Waals surface area contributed by atoms with E-state index in [9.17, 15) is 4.79 Å². The van der Waals surface area contributed by atoms with Gasteiger partial charge in [-0.25, -0.2) is 9.78 Å². The van der Waals surface area contributed by atoms with Crippen LogP contribution in [-0.4, -0.2) is 33.6 Å². The molecule has 1 aliphatic heterocycles. The Morgan fingerprint density at radius 2 is 1.84 bits per heavy atom. The summed E-state index contributed by atoms with van der Waals surface area (Å²) in [5.41, 5.74) is 4.00. The van der Waals surface area contributed by atoms with Crippen molar-refractivity contribution in [1.29, 1.82) is 0 Å². The van der Waals surface area contributed by atoms with Crippen LogP contribution in [-0.2, 0) is 24.2 Å². The number of carbonyl (C=O) groups is 1. The summed E-state index contributed by atoms with van der Waals surface area (Å²) < 4.78 is 7.75. The Labute approximate surface area is 192 Å². The van der Waals surface area contributed by atoms with Gasteiger partial charge < -0.3 is 14.2 Å². The zero-order valence-electron chi connectivity index (χ0n) is 17.6. The van der Waals surface area contributed by atoms with Crippen LogP contribution in [0.1, 0.15) is 36.8 Å². The number of benzene rings is 2. The van der Waals surface area contributed by atoms with E-state index in [1.165, 1.54) is 0 Å². The number of nitrogens with zero attached hydrogens (tertiary/aromatic N) is 3. The average molecular weight is 458 g/mol. The summed E-state index contributed by atoms with van der Waals surface area (Å²) in [5.74, 6) is 0.849. The van der Waals surface area contributed by atoms with Crippen LogP contribution >= 0.6 is 23.2 Å². The molecule has 31 heavy (non-hydrogen) atoms. The van der Waals surface area contributed by atoms with Gasteiger partial charge in [0.1, 0.15) is 12.4 Å². The van der Waals surface area contributed by atoms with E-state index in [-0.39, 0.29) is 18.7 Å². The molecule has 5 nitrogen and oxygen atoms in total. The molecule has 0 N–H and O–H groups in total. The smallest absolute Gasteiger partial charge is 0.410 e. The molecule has 162 valence electrons. The summed E-state index contributed by atoms with van der Waals surface area (Å²) >= 11 is 12.6. The van der Waals surface area contributed by atoms with Gasteiger partial charge in [-0.15, -0.1) is 0 Å². The number of amides is 1. The lowest BCUT2D eigenvalue weighted by atomic mass is 10.2. The van der Waals surface area contributed by atoms with Crippen LogP contribution in [0.25, 0.3) is 11.4 Å². The van der Waals surface area contributed by atoms with Crippen molar-refractivity contribution in [2.75, 3.05) is 13.1 Å². The Morgan fingerprint density at radius 1 is 1.10 bits per heavy atom. The second-order valence-corrected chi connectivity index (χ2v) is 8.79. The molecule has 1 aromatic heterocycles. The van der Waals surface area contributed by atoms with Gasteiger partial charge in [-0.2, -0.15) is 0 Å². The highest BCUT2D eigenvalue weighted by atomic mass is 35.5. The maximum atomic E-state index is 12.6. The first-order valence-corrected chi connectivity index (χ1v) is 11.2. The molecule has 0 saturated carbocycles. The molecule has 0 atom stereocenters. The first-order chi connectivity index (χ1) is 14.9. The topological polar surface area (TPSA) is 47.4 Å². The van der Waals surface area contributed by atoms with Gasteiger partial charge >= 0.3 is 6.09 Å². The van der Waals surface area contributed by atoms with Gasteiger partial charge in [-0.05, 0) is 37.6 Å². The van der Waals surface area contributed by atoms with E-state index in [2.05, 4.69) is 18.4 Å². The zero-order chi connectivity index (χ0) is 22.0. The monoisotopic (exact) mass is 457 g/mol. The maximum absolute atomic E-state index is 12.6. The molecule has 3 aromatic rings. The molecule has 1 amide bonds. The van der Waals surface area contributed by atoms with Crippen LogP contribution in [0.4, 0.5) is 4.79 Å². The summed E-state index contributed by atoms with van der Waals surface area (Å²) in [7, 11) is 0.